The highest BCUT2D eigenvalue weighted by molar-refractivity contribution is 6.30. The number of hydrogen-bond donors (Lipinski definition) is 0. The number of ketones is 1. The van der Waals surface area contributed by atoms with Crippen molar-refractivity contribution < 1.29 is 14.3 Å². The van der Waals surface area contributed by atoms with Crippen molar-refractivity contribution in [2.45, 2.75) is 52.1 Å². The van der Waals surface area contributed by atoms with Crippen molar-refractivity contribution in [2.24, 2.45) is 10.9 Å². The molecule has 1 unspecified atom stereocenters. The number of rotatable bonds is 3. The SMILES string of the molecule is CC1=NC2=C(C(=O)CCC2)[C@H](c2ccc(Cl)cc2)C1C(=O)OC(C)C. The quantitative estimate of drug-likeness (QED) is 0.748. The zero-order valence-electron chi connectivity index (χ0n) is 14.7. The van der Waals surface area contributed by atoms with Crippen LogP contribution in [-0.4, -0.2) is 23.6 Å². The van der Waals surface area contributed by atoms with Gasteiger partial charge < -0.3 is 4.74 Å². The smallest absolute Gasteiger partial charge is 0.315 e. The number of nitrogens with zero attached hydrogens (tertiary/aromatic N) is 1. The van der Waals surface area contributed by atoms with E-state index in [9.17, 15) is 9.59 Å². The fraction of sp³-hybridized carbons (Fsp3) is 0.450. The van der Waals surface area contributed by atoms with Crippen LogP contribution in [-0.2, 0) is 14.3 Å². The first-order chi connectivity index (χ1) is 11.9. The van der Waals surface area contributed by atoms with Gasteiger partial charge in [0, 0.05) is 34.3 Å². The summed E-state index contributed by atoms with van der Waals surface area (Å²) in [5, 5.41) is 0.621. The maximum absolute atomic E-state index is 12.8. The first kappa shape index (κ1) is 17.9. The van der Waals surface area contributed by atoms with Crippen molar-refractivity contribution in [3.05, 3.63) is 46.1 Å². The van der Waals surface area contributed by atoms with Gasteiger partial charge in [0.2, 0.25) is 0 Å². The van der Waals surface area contributed by atoms with Crippen LogP contribution in [0.2, 0.25) is 5.02 Å². The fourth-order valence-corrected chi connectivity index (χ4v) is 3.77. The van der Waals surface area contributed by atoms with Crippen molar-refractivity contribution in [1.29, 1.82) is 0 Å². The number of allylic oxidation sites excluding steroid dienone is 2. The Morgan fingerprint density at radius 1 is 1.24 bits per heavy atom. The second-order valence-electron chi connectivity index (χ2n) is 6.88. The average molecular weight is 360 g/mol. The minimum Gasteiger partial charge on any atom is -0.462 e. The van der Waals surface area contributed by atoms with E-state index >= 15 is 0 Å². The Morgan fingerprint density at radius 3 is 2.56 bits per heavy atom. The Hall–Kier alpha value is -1.94. The molecular formula is C20H22ClNO3. The van der Waals surface area contributed by atoms with Gasteiger partial charge in [0.25, 0.3) is 0 Å². The third kappa shape index (κ3) is 3.54. The Balaban J connectivity index is 2.12. The molecule has 0 aromatic heterocycles. The van der Waals surface area contributed by atoms with Gasteiger partial charge in [-0.05, 0) is 51.3 Å². The summed E-state index contributed by atoms with van der Waals surface area (Å²) in [6, 6.07) is 7.34. The molecule has 1 aromatic carbocycles. The maximum Gasteiger partial charge on any atom is 0.315 e. The van der Waals surface area contributed by atoms with Crippen LogP contribution in [0.4, 0.5) is 0 Å². The maximum atomic E-state index is 12.8. The molecule has 1 aliphatic heterocycles. The summed E-state index contributed by atoms with van der Waals surface area (Å²) >= 11 is 6.02. The summed E-state index contributed by atoms with van der Waals surface area (Å²) in [5.74, 6) is -1.19. The van der Waals surface area contributed by atoms with Crippen LogP contribution < -0.4 is 0 Å². The van der Waals surface area contributed by atoms with E-state index in [1.165, 1.54) is 0 Å². The summed E-state index contributed by atoms with van der Waals surface area (Å²) in [7, 11) is 0. The van der Waals surface area contributed by atoms with Gasteiger partial charge in [-0.25, -0.2) is 0 Å². The predicted molar refractivity (Wildman–Crippen MR) is 97.9 cm³/mol. The summed E-state index contributed by atoms with van der Waals surface area (Å²) in [6.07, 6.45) is 1.87. The van der Waals surface area contributed by atoms with E-state index in [1.54, 1.807) is 12.1 Å². The molecule has 0 radical (unpaired) electrons. The number of carbonyl (C=O) groups is 2. The molecule has 0 bridgehead atoms. The lowest BCUT2D eigenvalue weighted by Gasteiger charge is -2.34. The number of ether oxygens (including phenoxy) is 1. The first-order valence-corrected chi connectivity index (χ1v) is 9.03. The van der Waals surface area contributed by atoms with Crippen LogP contribution in [0.1, 0.15) is 51.5 Å². The van der Waals surface area contributed by atoms with Crippen molar-refractivity contribution in [1.82, 2.24) is 0 Å². The van der Waals surface area contributed by atoms with Crippen molar-refractivity contribution >= 4 is 29.1 Å². The van der Waals surface area contributed by atoms with Crippen LogP contribution in [0.15, 0.2) is 40.5 Å². The Labute approximate surface area is 152 Å². The number of halogens is 1. The second kappa shape index (κ2) is 7.12. The summed E-state index contributed by atoms with van der Waals surface area (Å²) < 4.78 is 5.47. The molecule has 0 saturated carbocycles. The number of hydrogen-bond acceptors (Lipinski definition) is 4. The normalized spacial score (nSPS) is 23.4. The molecule has 4 nitrogen and oxygen atoms in total. The number of aliphatic imine (C=N–C) groups is 1. The van der Waals surface area contributed by atoms with Crippen LogP contribution in [0.3, 0.4) is 0 Å². The highest BCUT2D eigenvalue weighted by atomic mass is 35.5. The van der Waals surface area contributed by atoms with E-state index in [0.29, 0.717) is 22.7 Å². The summed E-state index contributed by atoms with van der Waals surface area (Å²) in [4.78, 5) is 30.1. The standard InChI is InChI=1S/C20H22ClNO3/c1-11(2)25-20(24)17-12(3)22-15-5-4-6-16(23)19(15)18(17)13-7-9-14(21)10-8-13/h7-11,17-18H,4-6H2,1-3H3/t17?,18-/m1/s1. The zero-order chi connectivity index (χ0) is 18.1. The molecule has 0 saturated heterocycles. The van der Waals surface area contributed by atoms with Gasteiger partial charge in [0.15, 0.2) is 5.78 Å². The Bertz CT molecular complexity index is 762. The highest BCUT2D eigenvalue weighted by Crippen LogP contribution is 2.43. The Kier molecular flexibility index (Phi) is 5.09. The number of benzene rings is 1. The highest BCUT2D eigenvalue weighted by Gasteiger charge is 2.43. The minimum absolute atomic E-state index is 0.0831. The molecule has 1 aliphatic carbocycles. The number of Topliss-reactive ketones (excluding diaryl/α,β-unsaturated/α-hetero) is 1. The fourth-order valence-electron chi connectivity index (χ4n) is 3.65. The second-order valence-corrected chi connectivity index (χ2v) is 7.32. The summed E-state index contributed by atoms with van der Waals surface area (Å²) in [6.45, 7) is 5.49. The molecule has 5 heteroatoms. The molecular weight excluding hydrogens is 338 g/mol. The van der Waals surface area contributed by atoms with Gasteiger partial charge in [0.1, 0.15) is 5.92 Å². The van der Waals surface area contributed by atoms with Gasteiger partial charge in [0.05, 0.1) is 6.10 Å². The van der Waals surface area contributed by atoms with Crippen molar-refractivity contribution in [3.63, 3.8) is 0 Å². The zero-order valence-corrected chi connectivity index (χ0v) is 15.5. The Morgan fingerprint density at radius 2 is 1.92 bits per heavy atom. The molecule has 0 N–H and O–H groups in total. The first-order valence-electron chi connectivity index (χ1n) is 8.66. The van der Waals surface area contributed by atoms with Gasteiger partial charge in [-0.2, -0.15) is 0 Å². The van der Waals surface area contributed by atoms with Crippen LogP contribution in [0, 0.1) is 5.92 Å². The lowest BCUT2D eigenvalue weighted by molar-refractivity contribution is -0.150. The molecule has 1 heterocycles. The topological polar surface area (TPSA) is 55.7 Å². The monoisotopic (exact) mass is 359 g/mol. The van der Waals surface area contributed by atoms with E-state index in [2.05, 4.69) is 4.99 Å². The van der Waals surface area contributed by atoms with Crippen molar-refractivity contribution in [2.75, 3.05) is 0 Å². The van der Waals surface area contributed by atoms with Crippen LogP contribution >= 0.6 is 11.6 Å². The molecule has 25 heavy (non-hydrogen) atoms. The van der Waals surface area contributed by atoms with E-state index in [0.717, 1.165) is 24.1 Å². The van der Waals surface area contributed by atoms with E-state index in [-0.39, 0.29) is 23.8 Å². The molecule has 1 aromatic rings. The lowest BCUT2D eigenvalue weighted by atomic mass is 9.72. The van der Waals surface area contributed by atoms with Gasteiger partial charge >= 0.3 is 5.97 Å². The molecule has 2 aliphatic rings. The van der Waals surface area contributed by atoms with Crippen molar-refractivity contribution in [3.8, 4) is 0 Å². The van der Waals surface area contributed by atoms with Crippen LogP contribution in [0.25, 0.3) is 0 Å². The van der Waals surface area contributed by atoms with Crippen LogP contribution in [0.5, 0.6) is 0 Å². The summed E-state index contributed by atoms with van der Waals surface area (Å²) in [5.41, 5.74) is 3.10. The van der Waals surface area contributed by atoms with E-state index in [4.69, 9.17) is 16.3 Å². The lowest BCUT2D eigenvalue weighted by Crippen LogP contribution is -2.38. The molecule has 0 spiro atoms. The van der Waals surface area contributed by atoms with Gasteiger partial charge in [-0.1, -0.05) is 23.7 Å². The molecule has 3 rings (SSSR count). The number of carbonyl (C=O) groups excluding carboxylic acids is 2. The molecule has 132 valence electrons. The third-order valence-corrected chi connectivity index (χ3v) is 4.92. The average Bonchev–Trinajstić information content (AvgIpc) is 2.53. The molecule has 2 atom stereocenters. The third-order valence-electron chi connectivity index (χ3n) is 4.67. The van der Waals surface area contributed by atoms with Gasteiger partial charge in [-0.15, -0.1) is 0 Å². The largest absolute Gasteiger partial charge is 0.462 e. The molecule has 0 amide bonds. The predicted octanol–water partition coefficient (Wildman–Crippen LogP) is 4.47. The van der Waals surface area contributed by atoms with Gasteiger partial charge in [-0.3, -0.25) is 14.6 Å². The molecule has 0 fully saturated rings. The number of esters is 1. The van der Waals surface area contributed by atoms with E-state index < -0.39 is 5.92 Å². The minimum atomic E-state index is -0.579. The van der Waals surface area contributed by atoms with E-state index in [1.807, 2.05) is 32.9 Å².